The van der Waals surface area contributed by atoms with Crippen molar-refractivity contribution in [1.82, 2.24) is 9.62 Å². The first-order chi connectivity index (χ1) is 10.9. The average molecular weight is 336 g/mol. The van der Waals surface area contributed by atoms with E-state index in [1.807, 2.05) is 36.1 Å². The number of carbonyl (C=O) groups is 1. The number of rotatable bonds is 5. The monoisotopic (exact) mass is 336 g/mol. The van der Waals surface area contributed by atoms with Gasteiger partial charge in [-0.1, -0.05) is 29.8 Å². The number of amides is 1. The molecule has 1 aliphatic heterocycles. The molecule has 0 aromatic heterocycles. The minimum Gasteiger partial charge on any atom is -0.342 e. The molecule has 0 spiro atoms. The number of nitrogens with one attached hydrogen (secondary N) is 1. The fourth-order valence-electron chi connectivity index (χ4n) is 3.12. The van der Waals surface area contributed by atoms with Crippen molar-refractivity contribution in [3.63, 3.8) is 0 Å². The van der Waals surface area contributed by atoms with Crippen molar-refractivity contribution < 1.29 is 13.2 Å². The number of likely N-dealkylation sites (tertiary alicyclic amines) is 1. The van der Waals surface area contributed by atoms with Gasteiger partial charge in [-0.2, -0.15) is 0 Å². The van der Waals surface area contributed by atoms with Crippen molar-refractivity contribution in [3.8, 4) is 0 Å². The molecular formula is C17H24N2O3S. The van der Waals surface area contributed by atoms with Crippen LogP contribution in [0.1, 0.15) is 36.8 Å². The number of hydrogen-bond acceptors (Lipinski definition) is 3. The summed E-state index contributed by atoms with van der Waals surface area (Å²) in [5.41, 5.74) is 1.86. The lowest BCUT2D eigenvalue weighted by Gasteiger charge is -2.32. The molecule has 2 fully saturated rings. The first-order valence-electron chi connectivity index (χ1n) is 8.27. The molecule has 1 heterocycles. The zero-order valence-electron chi connectivity index (χ0n) is 13.5. The molecule has 2 aliphatic rings. The molecule has 126 valence electrons. The molecule has 5 nitrogen and oxygen atoms in total. The molecule has 23 heavy (non-hydrogen) atoms. The van der Waals surface area contributed by atoms with Crippen molar-refractivity contribution in [1.29, 1.82) is 0 Å². The van der Waals surface area contributed by atoms with Crippen molar-refractivity contribution >= 4 is 15.9 Å². The summed E-state index contributed by atoms with van der Waals surface area (Å²) in [5, 5.41) is 0. The van der Waals surface area contributed by atoms with E-state index < -0.39 is 10.0 Å². The van der Waals surface area contributed by atoms with Gasteiger partial charge >= 0.3 is 0 Å². The number of sulfonamides is 1. The van der Waals surface area contributed by atoms with Crippen LogP contribution in [0.25, 0.3) is 0 Å². The van der Waals surface area contributed by atoms with Crippen LogP contribution in [0.5, 0.6) is 0 Å². The highest BCUT2D eigenvalue weighted by atomic mass is 32.2. The Morgan fingerprint density at radius 1 is 1.22 bits per heavy atom. The zero-order valence-corrected chi connectivity index (χ0v) is 14.3. The summed E-state index contributed by atoms with van der Waals surface area (Å²) in [5.74, 6) is 0.506. The molecule has 1 aromatic rings. The summed E-state index contributed by atoms with van der Waals surface area (Å²) in [4.78, 5) is 13.9. The lowest BCUT2D eigenvalue weighted by Crippen LogP contribution is -2.47. The molecular weight excluding hydrogens is 312 g/mol. The maximum absolute atomic E-state index is 12.3. The molecule has 6 heteroatoms. The standard InChI is InChI=1S/C17H24N2O3S/c1-13-3-2-4-14(11-13)12-23(21,22)18-16-7-9-19(10-8-16)17(20)15-5-6-15/h2-4,11,15-16,18H,5-10,12H2,1H3. The summed E-state index contributed by atoms with van der Waals surface area (Å²) in [6.45, 7) is 3.27. The molecule has 0 bridgehead atoms. The van der Waals surface area contributed by atoms with Gasteiger partial charge in [0.2, 0.25) is 15.9 Å². The lowest BCUT2D eigenvalue weighted by molar-refractivity contribution is -0.133. The van der Waals surface area contributed by atoms with Crippen molar-refractivity contribution in [2.45, 2.75) is 44.4 Å². The van der Waals surface area contributed by atoms with Crippen LogP contribution in [0, 0.1) is 12.8 Å². The van der Waals surface area contributed by atoms with E-state index in [-0.39, 0.29) is 23.6 Å². The first-order valence-corrected chi connectivity index (χ1v) is 9.92. The van der Waals surface area contributed by atoms with Crippen molar-refractivity contribution in [3.05, 3.63) is 35.4 Å². The van der Waals surface area contributed by atoms with Gasteiger partial charge in [0, 0.05) is 25.0 Å². The summed E-state index contributed by atoms with van der Waals surface area (Å²) in [6, 6.07) is 7.51. The molecule has 1 saturated carbocycles. The van der Waals surface area contributed by atoms with E-state index in [1.54, 1.807) is 0 Å². The van der Waals surface area contributed by atoms with E-state index in [4.69, 9.17) is 0 Å². The molecule has 0 atom stereocenters. The quantitative estimate of drug-likeness (QED) is 0.892. The van der Waals surface area contributed by atoms with E-state index in [9.17, 15) is 13.2 Å². The highest BCUT2D eigenvalue weighted by Gasteiger charge is 2.35. The van der Waals surface area contributed by atoms with Crippen LogP contribution in [0.15, 0.2) is 24.3 Å². The predicted molar refractivity (Wildman–Crippen MR) is 89.3 cm³/mol. The van der Waals surface area contributed by atoms with E-state index in [2.05, 4.69) is 4.72 Å². The number of piperidine rings is 1. The third kappa shape index (κ3) is 4.54. The maximum Gasteiger partial charge on any atom is 0.225 e. The number of nitrogens with zero attached hydrogens (tertiary/aromatic N) is 1. The third-order valence-corrected chi connectivity index (χ3v) is 5.92. The summed E-state index contributed by atoms with van der Waals surface area (Å²) in [6.07, 6.45) is 3.43. The van der Waals surface area contributed by atoms with Gasteiger partial charge in [0.15, 0.2) is 0 Å². The number of aryl methyl sites for hydroxylation is 1. The van der Waals surface area contributed by atoms with Crippen LogP contribution in [0.4, 0.5) is 0 Å². The van der Waals surface area contributed by atoms with Crippen molar-refractivity contribution in [2.24, 2.45) is 5.92 Å². The normalized spacial score (nSPS) is 19.8. The molecule has 1 aliphatic carbocycles. The smallest absolute Gasteiger partial charge is 0.225 e. The minimum absolute atomic E-state index is 0.00982. The maximum atomic E-state index is 12.3. The molecule has 1 saturated heterocycles. The highest BCUT2D eigenvalue weighted by Crippen LogP contribution is 2.31. The van der Waals surface area contributed by atoms with Gasteiger partial charge in [-0.25, -0.2) is 13.1 Å². The molecule has 1 N–H and O–H groups in total. The Hall–Kier alpha value is -1.40. The van der Waals surface area contributed by atoms with Crippen LogP contribution in [0.2, 0.25) is 0 Å². The fraction of sp³-hybridized carbons (Fsp3) is 0.588. The Bertz CT molecular complexity index is 675. The van der Waals surface area contributed by atoms with Gasteiger partial charge in [-0.3, -0.25) is 4.79 Å². The number of carbonyl (C=O) groups excluding carboxylic acids is 1. The van der Waals surface area contributed by atoms with Crippen LogP contribution in [-0.4, -0.2) is 38.4 Å². The highest BCUT2D eigenvalue weighted by molar-refractivity contribution is 7.88. The summed E-state index contributed by atoms with van der Waals surface area (Å²) >= 11 is 0. The second-order valence-electron chi connectivity index (χ2n) is 6.74. The number of hydrogen-bond donors (Lipinski definition) is 1. The zero-order chi connectivity index (χ0) is 16.4. The van der Waals surface area contributed by atoms with Gasteiger partial charge < -0.3 is 4.90 Å². The lowest BCUT2D eigenvalue weighted by atomic mass is 10.1. The molecule has 1 aromatic carbocycles. The Balaban J connectivity index is 1.52. The van der Waals surface area contributed by atoms with Gasteiger partial charge in [0.1, 0.15) is 0 Å². The van der Waals surface area contributed by atoms with Crippen LogP contribution in [-0.2, 0) is 20.6 Å². The van der Waals surface area contributed by atoms with Gasteiger partial charge in [0.05, 0.1) is 5.75 Å². The molecule has 1 amide bonds. The second-order valence-corrected chi connectivity index (χ2v) is 8.49. The Labute approximate surface area is 138 Å². The predicted octanol–water partition coefficient (Wildman–Crippen LogP) is 1.82. The van der Waals surface area contributed by atoms with Gasteiger partial charge in [0.25, 0.3) is 0 Å². The van der Waals surface area contributed by atoms with E-state index in [0.717, 1.165) is 24.0 Å². The van der Waals surface area contributed by atoms with Crippen LogP contribution in [0.3, 0.4) is 0 Å². The SMILES string of the molecule is Cc1cccc(CS(=O)(=O)NC2CCN(C(=O)C3CC3)CC2)c1. The minimum atomic E-state index is -3.35. The Morgan fingerprint density at radius 2 is 1.91 bits per heavy atom. The summed E-state index contributed by atoms with van der Waals surface area (Å²) in [7, 11) is -3.35. The average Bonchev–Trinajstić information content (AvgIpc) is 3.31. The fourth-order valence-corrected chi connectivity index (χ4v) is 4.57. The Kier molecular flexibility index (Phi) is 4.73. The second kappa shape index (κ2) is 6.61. The molecule has 0 unspecified atom stereocenters. The van der Waals surface area contributed by atoms with E-state index in [0.29, 0.717) is 25.9 Å². The van der Waals surface area contributed by atoms with E-state index in [1.165, 1.54) is 0 Å². The molecule has 0 radical (unpaired) electrons. The topological polar surface area (TPSA) is 66.5 Å². The van der Waals surface area contributed by atoms with E-state index >= 15 is 0 Å². The molecule has 3 rings (SSSR count). The van der Waals surface area contributed by atoms with Gasteiger partial charge in [-0.15, -0.1) is 0 Å². The first kappa shape index (κ1) is 16.5. The van der Waals surface area contributed by atoms with Crippen LogP contribution >= 0.6 is 0 Å². The Morgan fingerprint density at radius 3 is 2.52 bits per heavy atom. The largest absolute Gasteiger partial charge is 0.342 e. The number of benzene rings is 1. The van der Waals surface area contributed by atoms with Crippen LogP contribution < -0.4 is 4.72 Å². The third-order valence-electron chi connectivity index (χ3n) is 4.52. The van der Waals surface area contributed by atoms with Crippen molar-refractivity contribution in [2.75, 3.05) is 13.1 Å². The summed E-state index contributed by atoms with van der Waals surface area (Å²) < 4.78 is 27.4. The van der Waals surface area contributed by atoms with Gasteiger partial charge in [-0.05, 0) is 38.2 Å².